The standard InChI is InChI=1S/C18H20N6O/c1-12-10-13(2)24-18(19-12)20-16(21-24)17(25)23-9-8-22(3)15-7-5-4-6-14(15)11-23/h4-7,10H,8-9,11H2,1-3H3. The van der Waals surface area contributed by atoms with Crippen LogP contribution in [-0.4, -0.2) is 50.5 Å². The number of aromatic nitrogens is 4. The lowest BCUT2D eigenvalue weighted by molar-refractivity contribution is 0.0739. The Hall–Kier alpha value is -2.96. The summed E-state index contributed by atoms with van der Waals surface area (Å²) in [6.45, 7) is 5.80. The Morgan fingerprint density at radius 1 is 1.12 bits per heavy atom. The van der Waals surface area contributed by atoms with E-state index in [0.717, 1.165) is 29.2 Å². The maximum Gasteiger partial charge on any atom is 0.293 e. The summed E-state index contributed by atoms with van der Waals surface area (Å²) in [6, 6.07) is 10.1. The third kappa shape index (κ3) is 2.71. The van der Waals surface area contributed by atoms with Gasteiger partial charge in [-0.1, -0.05) is 18.2 Å². The Labute approximate surface area is 145 Å². The highest BCUT2D eigenvalue weighted by molar-refractivity contribution is 5.91. The summed E-state index contributed by atoms with van der Waals surface area (Å²) in [6.07, 6.45) is 0. The molecule has 0 N–H and O–H groups in total. The third-order valence-electron chi connectivity index (χ3n) is 4.57. The van der Waals surface area contributed by atoms with Crippen LogP contribution >= 0.6 is 0 Å². The van der Waals surface area contributed by atoms with Crippen LogP contribution in [0.25, 0.3) is 5.78 Å². The maximum atomic E-state index is 13.0. The van der Waals surface area contributed by atoms with Crippen molar-refractivity contribution in [3.63, 3.8) is 0 Å². The van der Waals surface area contributed by atoms with E-state index in [9.17, 15) is 4.79 Å². The molecule has 3 heterocycles. The Bertz CT molecular complexity index is 963. The highest BCUT2D eigenvalue weighted by Crippen LogP contribution is 2.24. The molecule has 4 rings (SSSR count). The van der Waals surface area contributed by atoms with Gasteiger partial charge in [0.05, 0.1) is 0 Å². The van der Waals surface area contributed by atoms with Crippen molar-refractivity contribution in [2.75, 3.05) is 25.0 Å². The first kappa shape index (κ1) is 15.6. The van der Waals surface area contributed by atoms with Crippen LogP contribution in [0, 0.1) is 13.8 Å². The fraction of sp³-hybridized carbons (Fsp3) is 0.333. The van der Waals surface area contributed by atoms with Gasteiger partial charge in [-0.3, -0.25) is 4.79 Å². The fourth-order valence-electron chi connectivity index (χ4n) is 3.26. The molecule has 7 nitrogen and oxygen atoms in total. The van der Waals surface area contributed by atoms with Crippen LogP contribution in [0.15, 0.2) is 30.3 Å². The summed E-state index contributed by atoms with van der Waals surface area (Å²) >= 11 is 0. The van der Waals surface area contributed by atoms with Crippen LogP contribution in [-0.2, 0) is 6.54 Å². The number of nitrogens with zero attached hydrogens (tertiary/aromatic N) is 6. The van der Waals surface area contributed by atoms with Crippen molar-refractivity contribution in [1.82, 2.24) is 24.5 Å². The van der Waals surface area contributed by atoms with Crippen molar-refractivity contribution in [3.05, 3.63) is 53.1 Å². The number of aryl methyl sites for hydroxylation is 2. The van der Waals surface area contributed by atoms with Gasteiger partial charge in [-0.25, -0.2) is 9.50 Å². The molecule has 0 radical (unpaired) electrons. The summed E-state index contributed by atoms with van der Waals surface area (Å²) in [4.78, 5) is 25.7. The molecule has 0 atom stereocenters. The second-order valence-electron chi connectivity index (χ2n) is 6.46. The van der Waals surface area contributed by atoms with Crippen molar-refractivity contribution < 1.29 is 4.79 Å². The van der Waals surface area contributed by atoms with Crippen molar-refractivity contribution in [2.45, 2.75) is 20.4 Å². The van der Waals surface area contributed by atoms with Gasteiger partial charge in [-0.05, 0) is 31.5 Å². The molecule has 0 unspecified atom stereocenters. The second-order valence-corrected chi connectivity index (χ2v) is 6.46. The van der Waals surface area contributed by atoms with Crippen LogP contribution in [0.3, 0.4) is 0 Å². The molecular weight excluding hydrogens is 316 g/mol. The van der Waals surface area contributed by atoms with Crippen LogP contribution in [0.4, 0.5) is 5.69 Å². The average Bonchev–Trinajstić information content (AvgIpc) is 2.94. The van der Waals surface area contributed by atoms with E-state index in [1.54, 1.807) is 9.42 Å². The van der Waals surface area contributed by atoms with Gasteiger partial charge in [0.15, 0.2) is 0 Å². The molecule has 0 bridgehead atoms. The number of anilines is 1. The predicted octanol–water partition coefficient (Wildman–Crippen LogP) is 1.83. The monoisotopic (exact) mass is 336 g/mol. The van der Waals surface area contributed by atoms with Gasteiger partial charge in [-0.2, -0.15) is 4.98 Å². The van der Waals surface area contributed by atoms with E-state index in [4.69, 9.17) is 0 Å². The SMILES string of the molecule is Cc1cc(C)n2nc(C(=O)N3CCN(C)c4ccccc4C3)nc2n1. The van der Waals surface area contributed by atoms with Gasteiger partial charge >= 0.3 is 0 Å². The Morgan fingerprint density at radius 2 is 1.92 bits per heavy atom. The molecule has 0 aliphatic carbocycles. The Morgan fingerprint density at radius 3 is 2.76 bits per heavy atom. The molecule has 1 aliphatic heterocycles. The van der Waals surface area contributed by atoms with Gasteiger partial charge in [-0.15, -0.1) is 5.10 Å². The minimum atomic E-state index is -0.160. The van der Waals surface area contributed by atoms with Gasteiger partial charge in [0, 0.05) is 43.8 Å². The Kier molecular flexibility index (Phi) is 3.63. The topological polar surface area (TPSA) is 66.6 Å². The first-order chi connectivity index (χ1) is 12.0. The number of benzene rings is 1. The first-order valence-corrected chi connectivity index (χ1v) is 8.32. The molecular formula is C18H20N6O. The first-order valence-electron chi connectivity index (χ1n) is 8.32. The van der Waals surface area contributed by atoms with Crippen molar-refractivity contribution in [2.24, 2.45) is 0 Å². The van der Waals surface area contributed by atoms with Gasteiger partial charge in [0.1, 0.15) is 0 Å². The molecule has 1 amide bonds. The van der Waals surface area contributed by atoms with Crippen LogP contribution in [0.2, 0.25) is 0 Å². The van der Waals surface area contributed by atoms with Crippen LogP contribution < -0.4 is 4.90 Å². The fourth-order valence-corrected chi connectivity index (χ4v) is 3.26. The summed E-state index contributed by atoms with van der Waals surface area (Å²) in [5, 5.41) is 4.37. The largest absolute Gasteiger partial charge is 0.373 e. The van der Waals surface area contributed by atoms with Crippen molar-refractivity contribution in [1.29, 1.82) is 0 Å². The van der Waals surface area contributed by atoms with Crippen molar-refractivity contribution in [3.8, 4) is 0 Å². The average molecular weight is 336 g/mol. The second kappa shape index (κ2) is 5.84. The van der Waals surface area contributed by atoms with E-state index in [1.807, 2.05) is 39.1 Å². The van der Waals surface area contributed by atoms with Gasteiger partial charge in [0.2, 0.25) is 5.82 Å². The zero-order chi connectivity index (χ0) is 17.6. The highest BCUT2D eigenvalue weighted by Gasteiger charge is 2.25. The minimum absolute atomic E-state index is 0.160. The molecule has 0 spiro atoms. The molecule has 25 heavy (non-hydrogen) atoms. The lowest BCUT2D eigenvalue weighted by atomic mass is 10.1. The number of carbonyl (C=O) groups excluding carboxylic acids is 1. The molecule has 128 valence electrons. The third-order valence-corrected chi connectivity index (χ3v) is 4.57. The smallest absolute Gasteiger partial charge is 0.293 e. The number of para-hydroxylation sites is 1. The summed E-state index contributed by atoms with van der Waals surface area (Å²) in [5.41, 5.74) is 4.07. The lowest BCUT2D eigenvalue weighted by Gasteiger charge is -2.19. The zero-order valence-electron chi connectivity index (χ0n) is 14.6. The van der Waals surface area contributed by atoms with Crippen molar-refractivity contribution >= 4 is 17.4 Å². The zero-order valence-corrected chi connectivity index (χ0v) is 14.6. The van der Waals surface area contributed by atoms with Crippen LogP contribution in [0.5, 0.6) is 0 Å². The van der Waals surface area contributed by atoms with Crippen LogP contribution in [0.1, 0.15) is 27.6 Å². The number of fused-ring (bicyclic) bond motifs is 2. The lowest BCUT2D eigenvalue weighted by Crippen LogP contribution is -2.35. The Balaban J connectivity index is 1.68. The van der Waals surface area contributed by atoms with Gasteiger partial charge < -0.3 is 9.80 Å². The van der Waals surface area contributed by atoms with E-state index in [1.165, 1.54) is 0 Å². The summed E-state index contributed by atoms with van der Waals surface area (Å²) in [5.74, 6) is 0.504. The minimum Gasteiger partial charge on any atom is -0.373 e. The number of rotatable bonds is 1. The normalized spacial score (nSPS) is 14.5. The quantitative estimate of drug-likeness (QED) is 0.678. The molecule has 0 saturated carbocycles. The molecule has 1 aromatic carbocycles. The molecule has 1 aliphatic rings. The molecule has 0 saturated heterocycles. The highest BCUT2D eigenvalue weighted by atomic mass is 16.2. The molecule has 2 aromatic heterocycles. The predicted molar refractivity (Wildman–Crippen MR) is 94.7 cm³/mol. The van der Waals surface area contributed by atoms with E-state index in [-0.39, 0.29) is 11.7 Å². The van der Waals surface area contributed by atoms with E-state index in [2.05, 4.69) is 32.1 Å². The maximum absolute atomic E-state index is 13.0. The number of hydrogen-bond donors (Lipinski definition) is 0. The summed E-state index contributed by atoms with van der Waals surface area (Å²) in [7, 11) is 2.05. The molecule has 0 fully saturated rings. The number of amides is 1. The number of hydrogen-bond acceptors (Lipinski definition) is 5. The van der Waals surface area contributed by atoms with Gasteiger partial charge in [0.25, 0.3) is 11.7 Å². The number of likely N-dealkylation sites (N-methyl/N-ethyl adjacent to an activating group) is 1. The van der Waals surface area contributed by atoms with E-state index < -0.39 is 0 Å². The molecule has 7 heteroatoms. The molecule has 3 aromatic rings. The van der Waals surface area contributed by atoms with E-state index in [0.29, 0.717) is 18.9 Å². The van der Waals surface area contributed by atoms with E-state index >= 15 is 0 Å². The summed E-state index contributed by atoms with van der Waals surface area (Å²) < 4.78 is 1.62. The number of carbonyl (C=O) groups is 1.